The van der Waals surface area contributed by atoms with Crippen molar-refractivity contribution in [1.82, 2.24) is 20.0 Å². The number of urea groups is 1. The van der Waals surface area contributed by atoms with Crippen LogP contribution in [0.15, 0.2) is 30.3 Å². The minimum atomic E-state index is -2.65. The van der Waals surface area contributed by atoms with E-state index in [1.54, 1.807) is 0 Å². The van der Waals surface area contributed by atoms with Crippen molar-refractivity contribution in [2.24, 2.45) is 17.8 Å². The lowest BCUT2D eigenvalue weighted by Gasteiger charge is -2.38. The Bertz CT molecular complexity index is 1090. The van der Waals surface area contributed by atoms with Crippen LogP contribution >= 0.6 is 0 Å². The molecule has 3 aliphatic heterocycles. The van der Waals surface area contributed by atoms with Crippen molar-refractivity contribution < 1.29 is 27.8 Å². The molecule has 6 rings (SSSR count). The first-order valence-electron chi connectivity index (χ1n) is 15.9. The molecule has 1 N–H and O–H groups in total. The third kappa shape index (κ3) is 6.31. The molecule has 3 unspecified atom stereocenters. The molecule has 0 radical (unpaired) electrons. The molecule has 0 bridgehead atoms. The summed E-state index contributed by atoms with van der Waals surface area (Å²) in [7, 11) is 1.97. The highest BCUT2D eigenvalue weighted by molar-refractivity contribution is 5.79. The van der Waals surface area contributed by atoms with Crippen LogP contribution in [0.5, 0.6) is 0 Å². The molecule has 3 amide bonds. The predicted molar refractivity (Wildman–Crippen MR) is 154 cm³/mol. The third-order valence-corrected chi connectivity index (χ3v) is 10.7. The van der Waals surface area contributed by atoms with Crippen molar-refractivity contribution in [1.29, 1.82) is 0 Å². The molecule has 1 aromatic carbocycles. The van der Waals surface area contributed by atoms with Crippen LogP contribution in [0.2, 0.25) is 0 Å². The third-order valence-electron chi connectivity index (χ3n) is 10.7. The van der Waals surface area contributed by atoms with Gasteiger partial charge in [-0.15, -0.1) is 0 Å². The fourth-order valence-electron chi connectivity index (χ4n) is 8.32. The van der Waals surface area contributed by atoms with E-state index >= 15 is 0 Å². The fraction of sp³-hybridized carbons (Fsp3) is 0.750. The smallest absolute Gasteiger partial charge is 0.320 e. The first-order valence-corrected chi connectivity index (χ1v) is 15.9. The molecule has 5 aliphatic rings. The van der Waals surface area contributed by atoms with E-state index in [1.165, 1.54) is 6.42 Å². The van der Waals surface area contributed by atoms with E-state index in [4.69, 9.17) is 9.47 Å². The monoisotopic (exact) mass is 588 g/mol. The number of ether oxygens (including phenoxy) is 2. The SMILES string of the molecule is CN1C(=O)N(CC2COCOC2)CC12CC1CCCN(CC[C@H](NC(=O)C3CCC(F)(F)CC3)c3ccccc3)C1C2. The number of rotatable bonds is 8. The highest BCUT2D eigenvalue weighted by atomic mass is 19.3. The first-order chi connectivity index (χ1) is 20.2. The number of likely N-dealkylation sites (tertiary alicyclic amines) is 1. The standard InChI is InChI=1S/C32H46F2N4O4/c1-36-30(40)38(18-23-19-41-22-42-20-23)21-31(36)16-26-8-5-14-37(28(26)17-31)15-11-27(24-6-3-2-4-7-24)35-29(39)25-9-12-32(33,34)13-10-25/h2-4,6-7,23,25-28H,5,8-22H2,1H3,(H,35,39)/t26?,27-,28?,31?/m0/s1. The minimum Gasteiger partial charge on any atom is -0.355 e. The van der Waals surface area contributed by atoms with E-state index in [1.807, 2.05) is 47.2 Å². The summed E-state index contributed by atoms with van der Waals surface area (Å²) < 4.78 is 38.4. The number of likely N-dealkylation sites (N-methyl/N-ethyl adjacent to an activating group) is 1. The van der Waals surface area contributed by atoms with Gasteiger partial charge in [0.25, 0.3) is 0 Å². The molecule has 232 valence electrons. The summed E-state index contributed by atoms with van der Waals surface area (Å²) >= 11 is 0. The molecule has 2 aliphatic carbocycles. The Morgan fingerprint density at radius 1 is 1.10 bits per heavy atom. The van der Waals surface area contributed by atoms with Crippen LogP contribution in [-0.4, -0.2) is 97.4 Å². The number of piperidine rings is 1. The maximum absolute atomic E-state index is 13.7. The number of hydrogen-bond donors (Lipinski definition) is 1. The number of nitrogens with one attached hydrogen (secondary N) is 1. The molecule has 1 spiro atoms. The first kappa shape index (κ1) is 29.8. The van der Waals surface area contributed by atoms with Gasteiger partial charge in [-0.3, -0.25) is 9.69 Å². The van der Waals surface area contributed by atoms with Crippen molar-refractivity contribution in [2.45, 2.75) is 81.3 Å². The van der Waals surface area contributed by atoms with E-state index in [0.29, 0.717) is 38.5 Å². The lowest BCUT2D eigenvalue weighted by molar-refractivity contribution is -0.130. The molecule has 42 heavy (non-hydrogen) atoms. The number of nitrogens with zero attached hydrogens (tertiary/aromatic N) is 3. The van der Waals surface area contributed by atoms with Crippen molar-refractivity contribution >= 4 is 11.9 Å². The Balaban J connectivity index is 1.10. The van der Waals surface area contributed by atoms with Gasteiger partial charge in [0.2, 0.25) is 11.8 Å². The van der Waals surface area contributed by atoms with Crippen LogP contribution in [-0.2, 0) is 14.3 Å². The Morgan fingerprint density at radius 2 is 1.83 bits per heavy atom. The number of benzene rings is 1. The Labute approximate surface area is 248 Å². The van der Waals surface area contributed by atoms with Crippen molar-refractivity contribution in [3.05, 3.63) is 35.9 Å². The number of halogens is 2. The van der Waals surface area contributed by atoms with Crippen LogP contribution < -0.4 is 5.32 Å². The molecule has 5 fully saturated rings. The summed E-state index contributed by atoms with van der Waals surface area (Å²) in [6.07, 6.45) is 5.12. The van der Waals surface area contributed by atoms with E-state index < -0.39 is 5.92 Å². The zero-order valence-electron chi connectivity index (χ0n) is 24.8. The number of amides is 3. The Kier molecular flexibility index (Phi) is 8.76. The predicted octanol–water partition coefficient (Wildman–Crippen LogP) is 4.66. The summed E-state index contributed by atoms with van der Waals surface area (Å²) in [4.78, 5) is 33.2. The summed E-state index contributed by atoms with van der Waals surface area (Å²) in [6, 6.07) is 10.4. The molecular weight excluding hydrogens is 542 g/mol. The second kappa shape index (κ2) is 12.4. The zero-order chi connectivity index (χ0) is 29.3. The molecule has 2 saturated carbocycles. The van der Waals surface area contributed by atoms with Crippen molar-refractivity contribution in [3.8, 4) is 0 Å². The summed E-state index contributed by atoms with van der Waals surface area (Å²) in [6.45, 7) is 4.88. The Hall–Kier alpha value is -2.30. The van der Waals surface area contributed by atoms with Gasteiger partial charge in [0.1, 0.15) is 6.79 Å². The zero-order valence-corrected chi connectivity index (χ0v) is 24.8. The summed E-state index contributed by atoms with van der Waals surface area (Å²) in [5, 5.41) is 3.25. The lowest BCUT2D eigenvalue weighted by atomic mass is 9.86. The number of fused-ring (bicyclic) bond motifs is 1. The van der Waals surface area contributed by atoms with Crippen LogP contribution in [0.25, 0.3) is 0 Å². The molecule has 4 atom stereocenters. The van der Waals surface area contributed by atoms with Crippen LogP contribution in [0, 0.1) is 17.8 Å². The number of alkyl halides is 2. The van der Waals surface area contributed by atoms with E-state index in [-0.39, 0.29) is 61.0 Å². The van der Waals surface area contributed by atoms with Gasteiger partial charge in [-0.2, -0.15) is 0 Å². The second-order valence-corrected chi connectivity index (χ2v) is 13.5. The van der Waals surface area contributed by atoms with Gasteiger partial charge in [-0.1, -0.05) is 30.3 Å². The van der Waals surface area contributed by atoms with E-state index in [9.17, 15) is 18.4 Å². The average Bonchev–Trinajstić information content (AvgIpc) is 3.48. The van der Waals surface area contributed by atoms with Gasteiger partial charge < -0.3 is 24.6 Å². The van der Waals surface area contributed by atoms with Crippen LogP contribution in [0.3, 0.4) is 0 Å². The molecule has 3 saturated heterocycles. The lowest BCUT2D eigenvalue weighted by Crippen LogP contribution is -2.46. The highest BCUT2D eigenvalue weighted by Crippen LogP contribution is 2.48. The summed E-state index contributed by atoms with van der Waals surface area (Å²) in [5.41, 5.74) is 0.900. The topological polar surface area (TPSA) is 74.4 Å². The number of carbonyl (C=O) groups is 2. The van der Waals surface area contributed by atoms with E-state index in [2.05, 4.69) is 10.2 Å². The van der Waals surface area contributed by atoms with Gasteiger partial charge in [0.05, 0.1) is 24.8 Å². The number of hydrogen-bond acceptors (Lipinski definition) is 5. The van der Waals surface area contributed by atoms with Gasteiger partial charge >= 0.3 is 6.03 Å². The van der Waals surface area contributed by atoms with Gasteiger partial charge in [-0.25, -0.2) is 13.6 Å². The molecule has 0 aromatic heterocycles. The van der Waals surface area contributed by atoms with Crippen molar-refractivity contribution in [2.75, 3.05) is 53.2 Å². The number of carbonyl (C=O) groups excluding carboxylic acids is 2. The molecule has 8 nitrogen and oxygen atoms in total. The van der Waals surface area contributed by atoms with E-state index in [0.717, 1.165) is 50.9 Å². The van der Waals surface area contributed by atoms with Crippen LogP contribution in [0.4, 0.5) is 13.6 Å². The largest absolute Gasteiger partial charge is 0.355 e. The summed E-state index contributed by atoms with van der Waals surface area (Å²) in [5.74, 6) is -2.34. The second-order valence-electron chi connectivity index (χ2n) is 13.5. The van der Waals surface area contributed by atoms with Crippen molar-refractivity contribution in [3.63, 3.8) is 0 Å². The average molecular weight is 589 g/mol. The van der Waals surface area contributed by atoms with Crippen LogP contribution in [0.1, 0.15) is 69.4 Å². The molecular formula is C32H46F2N4O4. The quantitative estimate of drug-likeness (QED) is 0.478. The minimum absolute atomic E-state index is 0.101. The molecule has 1 aromatic rings. The van der Waals surface area contributed by atoms with Gasteiger partial charge in [0, 0.05) is 57.4 Å². The normalized spacial score (nSPS) is 31.5. The molecule has 10 heteroatoms. The Morgan fingerprint density at radius 3 is 2.57 bits per heavy atom. The fourth-order valence-corrected chi connectivity index (χ4v) is 8.32. The maximum Gasteiger partial charge on any atom is 0.320 e. The van der Waals surface area contributed by atoms with Gasteiger partial charge in [0.15, 0.2) is 0 Å². The highest BCUT2D eigenvalue weighted by Gasteiger charge is 2.56. The molecule has 3 heterocycles. The van der Waals surface area contributed by atoms with Gasteiger partial charge in [-0.05, 0) is 63.0 Å². The maximum atomic E-state index is 13.7.